The number of aromatic nitrogens is 3. The number of nitrogens with zero attached hydrogens (tertiary/aromatic N) is 4. The first kappa shape index (κ1) is 17.7. The van der Waals surface area contributed by atoms with E-state index in [9.17, 15) is 0 Å². The van der Waals surface area contributed by atoms with Gasteiger partial charge < -0.3 is 15.4 Å². The quantitative estimate of drug-likeness (QED) is 0.587. The minimum absolute atomic E-state index is 0.193. The number of nitrogens with one attached hydrogen (secondary N) is 2. The van der Waals surface area contributed by atoms with Gasteiger partial charge in [-0.2, -0.15) is 5.10 Å². The molecule has 0 aliphatic heterocycles. The third kappa shape index (κ3) is 3.49. The summed E-state index contributed by atoms with van der Waals surface area (Å²) < 4.78 is 7.69. The molecule has 1 fully saturated rings. The second-order valence-electron chi connectivity index (χ2n) is 6.04. The van der Waals surface area contributed by atoms with E-state index in [2.05, 4.69) is 46.5 Å². The number of ether oxygens (including phenoxy) is 1. The van der Waals surface area contributed by atoms with Crippen LogP contribution in [0, 0.1) is 5.41 Å². The van der Waals surface area contributed by atoms with Crippen LogP contribution in [0.3, 0.4) is 0 Å². The summed E-state index contributed by atoms with van der Waals surface area (Å²) in [6.45, 7) is 7.94. The number of rotatable bonds is 7. The van der Waals surface area contributed by atoms with Crippen LogP contribution in [0.4, 0.5) is 0 Å². The molecule has 1 aliphatic rings. The average Bonchev–Trinajstić information content (AvgIpc) is 2.96. The molecule has 0 aromatic carbocycles. The molecule has 0 radical (unpaired) electrons. The molecule has 0 saturated heterocycles. The van der Waals surface area contributed by atoms with Crippen molar-refractivity contribution in [2.24, 2.45) is 17.5 Å². The van der Waals surface area contributed by atoms with Crippen LogP contribution in [0.25, 0.3) is 0 Å². The second kappa shape index (κ2) is 7.77. The molecule has 7 heteroatoms. The summed E-state index contributed by atoms with van der Waals surface area (Å²) in [4.78, 5) is 8.56. The highest BCUT2D eigenvalue weighted by molar-refractivity contribution is 5.80. The fourth-order valence-electron chi connectivity index (χ4n) is 3.59. The molecule has 0 spiro atoms. The molecule has 2 rings (SSSR count). The molecule has 1 aliphatic carbocycles. The van der Waals surface area contributed by atoms with Crippen LogP contribution in [-0.4, -0.2) is 46.5 Å². The predicted octanol–water partition coefficient (Wildman–Crippen LogP) is 1.46. The van der Waals surface area contributed by atoms with Gasteiger partial charge in [-0.25, -0.2) is 4.98 Å². The topological polar surface area (TPSA) is 76.4 Å². The highest BCUT2D eigenvalue weighted by atomic mass is 16.5. The molecule has 1 aromatic heterocycles. The van der Waals surface area contributed by atoms with Crippen LogP contribution >= 0.6 is 0 Å². The van der Waals surface area contributed by atoms with Gasteiger partial charge in [-0.1, -0.05) is 13.8 Å². The molecule has 2 atom stereocenters. The van der Waals surface area contributed by atoms with E-state index in [-0.39, 0.29) is 5.41 Å². The zero-order valence-corrected chi connectivity index (χ0v) is 15.0. The Morgan fingerprint density at radius 2 is 2.17 bits per heavy atom. The van der Waals surface area contributed by atoms with Crippen molar-refractivity contribution in [2.75, 3.05) is 13.7 Å². The first-order valence-corrected chi connectivity index (χ1v) is 8.52. The standard InChI is InChI=1S/C16H30N6O/c1-6-16(7-2)12(9-13(16)23-8-3)21-15(17-4)18-10-14-19-11-20-22(14)5/h11-13H,6-10H2,1-5H3,(H2,17,18,21). The van der Waals surface area contributed by atoms with Crippen LogP contribution < -0.4 is 10.6 Å². The highest BCUT2D eigenvalue weighted by Gasteiger charge is 2.53. The molecular formula is C16H30N6O. The van der Waals surface area contributed by atoms with Crippen LogP contribution in [0.5, 0.6) is 0 Å². The van der Waals surface area contributed by atoms with E-state index >= 15 is 0 Å². The van der Waals surface area contributed by atoms with Crippen molar-refractivity contribution in [1.29, 1.82) is 0 Å². The summed E-state index contributed by atoms with van der Waals surface area (Å²) in [5, 5.41) is 11.0. The van der Waals surface area contributed by atoms with Crippen molar-refractivity contribution in [1.82, 2.24) is 25.4 Å². The van der Waals surface area contributed by atoms with Crippen molar-refractivity contribution in [3.05, 3.63) is 12.2 Å². The van der Waals surface area contributed by atoms with Crippen LogP contribution in [0.15, 0.2) is 11.3 Å². The summed E-state index contributed by atoms with van der Waals surface area (Å²) in [7, 11) is 3.68. The Morgan fingerprint density at radius 1 is 1.43 bits per heavy atom. The van der Waals surface area contributed by atoms with Crippen LogP contribution in [0.1, 0.15) is 45.9 Å². The van der Waals surface area contributed by atoms with E-state index in [0.29, 0.717) is 18.7 Å². The van der Waals surface area contributed by atoms with E-state index < -0.39 is 0 Å². The minimum atomic E-state index is 0.193. The summed E-state index contributed by atoms with van der Waals surface area (Å²) >= 11 is 0. The van der Waals surface area contributed by atoms with Gasteiger partial charge in [0, 0.05) is 32.2 Å². The minimum Gasteiger partial charge on any atom is -0.378 e. The zero-order valence-electron chi connectivity index (χ0n) is 15.0. The first-order chi connectivity index (χ1) is 11.1. The molecule has 7 nitrogen and oxygen atoms in total. The molecule has 1 heterocycles. The molecule has 2 N–H and O–H groups in total. The smallest absolute Gasteiger partial charge is 0.191 e. The van der Waals surface area contributed by atoms with Gasteiger partial charge >= 0.3 is 0 Å². The maximum Gasteiger partial charge on any atom is 0.191 e. The van der Waals surface area contributed by atoms with E-state index in [1.165, 1.54) is 0 Å². The number of aliphatic imine (C=N–C) groups is 1. The van der Waals surface area contributed by atoms with Crippen molar-refractivity contribution in [3.63, 3.8) is 0 Å². The van der Waals surface area contributed by atoms with E-state index in [0.717, 1.165) is 37.7 Å². The summed E-state index contributed by atoms with van der Waals surface area (Å²) in [5.74, 6) is 1.69. The third-order valence-corrected chi connectivity index (χ3v) is 5.22. The van der Waals surface area contributed by atoms with Crippen molar-refractivity contribution >= 4 is 5.96 Å². The number of hydrogen-bond donors (Lipinski definition) is 2. The highest BCUT2D eigenvalue weighted by Crippen LogP contribution is 2.48. The monoisotopic (exact) mass is 322 g/mol. The van der Waals surface area contributed by atoms with E-state index in [1.807, 2.05) is 7.05 Å². The lowest BCUT2D eigenvalue weighted by Gasteiger charge is -2.55. The fraction of sp³-hybridized carbons (Fsp3) is 0.812. The molecule has 23 heavy (non-hydrogen) atoms. The number of aryl methyl sites for hydroxylation is 1. The normalized spacial score (nSPS) is 23.4. The first-order valence-electron chi connectivity index (χ1n) is 8.52. The Bertz CT molecular complexity index is 522. The Labute approximate surface area is 138 Å². The van der Waals surface area contributed by atoms with Gasteiger partial charge in [0.25, 0.3) is 0 Å². The Balaban J connectivity index is 1.95. The average molecular weight is 322 g/mol. The van der Waals surface area contributed by atoms with Crippen molar-refractivity contribution < 1.29 is 4.74 Å². The van der Waals surface area contributed by atoms with Gasteiger partial charge in [-0.3, -0.25) is 9.67 Å². The lowest BCUT2D eigenvalue weighted by molar-refractivity contribution is -0.133. The van der Waals surface area contributed by atoms with Gasteiger partial charge in [0.2, 0.25) is 0 Å². The third-order valence-electron chi connectivity index (χ3n) is 5.22. The molecule has 2 unspecified atom stereocenters. The Hall–Kier alpha value is -1.63. The molecule has 130 valence electrons. The number of guanidine groups is 1. The number of hydrogen-bond acceptors (Lipinski definition) is 4. The Morgan fingerprint density at radius 3 is 2.70 bits per heavy atom. The van der Waals surface area contributed by atoms with E-state index in [1.54, 1.807) is 18.1 Å². The summed E-state index contributed by atoms with van der Waals surface area (Å²) in [6.07, 6.45) is 5.14. The SMILES string of the molecule is CCOC1CC(NC(=NC)NCc2ncnn2C)C1(CC)CC. The van der Waals surface area contributed by atoms with Crippen molar-refractivity contribution in [2.45, 2.75) is 58.7 Å². The van der Waals surface area contributed by atoms with Gasteiger partial charge in [0.1, 0.15) is 12.2 Å². The largest absolute Gasteiger partial charge is 0.378 e. The summed E-state index contributed by atoms with van der Waals surface area (Å²) in [6, 6.07) is 0.389. The predicted molar refractivity (Wildman–Crippen MR) is 91.2 cm³/mol. The molecular weight excluding hydrogens is 292 g/mol. The molecule has 1 saturated carbocycles. The lowest BCUT2D eigenvalue weighted by atomic mass is 9.58. The lowest BCUT2D eigenvalue weighted by Crippen LogP contribution is -2.65. The second-order valence-corrected chi connectivity index (χ2v) is 6.04. The zero-order chi connectivity index (χ0) is 16.9. The molecule has 0 bridgehead atoms. The van der Waals surface area contributed by atoms with E-state index in [4.69, 9.17) is 4.74 Å². The van der Waals surface area contributed by atoms with Crippen molar-refractivity contribution in [3.8, 4) is 0 Å². The summed E-state index contributed by atoms with van der Waals surface area (Å²) in [5.41, 5.74) is 0.193. The Kier molecular flexibility index (Phi) is 5.98. The molecule has 0 amide bonds. The van der Waals surface area contributed by atoms with Crippen LogP contribution in [-0.2, 0) is 18.3 Å². The maximum atomic E-state index is 5.93. The maximum absolute atomic E-state index is 5.93. The van der Waals surface area contributed by atoms with Gasteiger partial charge in [-0.15, -0.1) is 0 Å². The molecule has 1 aromatic rings. The van der Waals surface area contributed by atoms with Gasteiger partial charge in [0.05, 0.1) is 12.6 Å². The van der Waals surface area contributed by atoms with Gasteiger partial charge in [0.15, 0.2) is 5.96 Å². The fourth-order valence-corrected chi connectivity index (χ4v) is 3.59. The van der Waals surface area contributed by atoms with Gasteiger partial charge in [-0.05, 0) is 26.2 Å². The van der Waals surface area contributed by atoms with Crippen LogP contribution in [0.2, 0.25) is 0 Å².